The lowest BCUT2D eigenvalue weighted by molar-refractivity contribution is -0.136. The highest BCUT2D eigenvalue weighted by atomic mass is 16.2. The average molecular weight is 212 g/mol. The highest BCUT2D eigenvalue weighted by Gasteiger charge is 2.35. The molecular formula is C11H20N2O2. The largest absolute Gasteiger partial charge is 0.368 e. The van der Waals surface area contributed by atoms with Gasteiger partial charge in [-0.3, -0.25) is 9.59 Å². The molecule has 0 aromatic rings. The van der Waals surface area contributed by atoms with Gasteiger partial charge in [-0.1, -0.05) is 20.3 Å². The van der Waals surface area contributed by atoms with E-state index in [-0.39, 0.29) is 11.8 Å². The van der Waals surface area contributed by atoms with Crippen LogP contribution in [0.3, 0.4) is 0 Å². The van der Waals surface area contributed by atoms with Crippen LogP contribution in [-0.2, 0) is 9.59 Å². The summed E-state index contributed by atoms with van der Waals surface area (Å²) in [4.78, 5) is 24.5. The SMILES string of the molecule is CCCC1CC(=O)N(C(CC)C(N)=O)C1. The third kappa shape index (κ3) is 2.70. The molecule has 2 atom stereocenters. The zero-order chi connectivity index (χ0) is 11.4. The molecule has 1 fully saturated rings. The van der Waals surface area contributed by atoms with Gasteiger partial charge in [0.25, 0.3) is 0 Å². The van der Waals surface area contributed by atoms with Crippen LogP contribution in [0.15, 0.2) is 0 Å². The van der Waals surface area contributed by atoms with Crippen LogP contribution < -0.4 is 5.73 Å². The summed E-state index contributed by atoms with van der Waals surface area (Å²) in [5.74, 6) is 0.109. The minimum atomic E-state index is -0.403. The number of likely N-dealkylation sites (tertiary alicyclic amines) is 1. The third-order valence-corrected chi connectivity index (χ3v) is 3.03. The lowest BCUT2D eigenvalue weighted by atomic mass is 10.0. The first-order valence-electron chi connectivity index (χ1n) is 5.68. The summed E-state index contributed by atoms with van der Waals surface area (Å²) in [6.45, 7) is 4.70. The molecule has 0 aromatic heterocycles. The Morgan fingerprint density at radius 1 is 1.60 bits per heavy atom. The van der Waals surface area contributed by atoms with Crippen LogP contribution in [0.1, 0.15) is 39.5 Å². The number of nitrogens with zero attached hydrogens (tertiary/aromatic N) is 1. The zero-order valence-corrected chi connectivity index (χ0v) is 9.53. The highest BCUT2D eigenvalue weighted by molar-refractivity contribution is 5.87. The van der Waals surface area contributed by atoms with Crippen molar-refractivity contribution >= 4 is 11.8 Å². The molecular weight excluding hydrogens is 192 g/mol. The fraction of sp³-hybridized carbons (Fsp3) is 0.818. The number of nitrogens with two attached hydrogens (primary N) is 1. The molecule has 4 nitrogen and oxygen atoms in total. The van der Waals surface area contributed by atoms with Gasteiger partial charge in [0.05, 0.1) is 0 Å². The zero-order valence-electron chi connectivity index (χ0n) is 9.53. The fourth-order valence-electron chi connectivity index (χ4n) is 2.29. The molecule has 4 heteroatoms. The molecule has 0 spiro atoms. The van der Waals surface area contributed by atoms with Gasteiger partial charge in [-0.15, -0.1) is 0 Å². The van der Waals surface area contributed by atoms with Gasteiger partial charge in [-0.2, -0.15) is 0 Å². The molecule has 86 valence electrons. The van der Waals surface area contributed by atoms with Crippen molar-refractivity contribution in [3.63, 3.8) is 0 Å². The minimum Gasteiger partial charge on any atom is -0.368 e. The first kappa shape index (κ1) is 12.0. The number of carbonyl (C=O) groups is 2. The average Bonchev–Trinajstić information content (AvgIpc) is 2.49. The van der Waals surface area contributed by atoms with Crippen LogP contribution in [0.5, 0.6) is 0 Å². The van der Waals surface area contributed by atoms with Crippen molar-refractivity contribution < 1.29 is 9.59 Å². The summed E-state index contributed by atoms with van der Waals surface area (Å²) in [5, 5.41) is 0. The number of rotatable bonds is 5. The van der Waals surface area contributed by atoms with E-state index in [1.165, 1.54) is 0 Å². The molecule has 1 aliphatic heterocycles. The van der Waals surface area contributed by atoms with E-state index in [1.54, 1.807) is 4.90 Å². The lowest BCUT2D eigenvalue weighted by Gasteiger charge is -2.24. The molecule has 0 aliphatic carbocycles. The van der Waals surface area contributed by atoms with E-state index in [1.807, 2.05) is 6.92 Å². The van der Waals surface area contributed by atoms with Crippen LogP contribution in [0.2, 0.25) is 0 Å². The summed E-state index contributed by atoms with van der Waals surface area (Å²) < 4.78 is 0. The second-order valence-corrected chi connectivity index (χ2v) is 4.23. The summed E-state index contributed by atoms with van der Waals surface area (Å²) in [6, 6.07) is -0.403. The molecule has 1 aliphatic rings. The van der Waals surface area contributed by atoms with E-state index in [2.05, 4.69) is 6.92 Å². The normalized spacial score (nSPS) is 23.2. The molecule has 15 heavy (non-hydrogen) atoms. The van der Waals surface area contributed by atoms with Gasteiger partial charge >= 0.3 is 0 Å². The Hall–Kier alpha value is -1.06. The van der Waals surface area contributed by atoms with Crippen LogP contribution in [0.4, 0.5) is 0 Å². The van der Waals surface area contributed by atoms with Gasteiger partial charge in [0.15, 0.2) is 0 Å². The Morgan fingerprint density at radius 2 is 2.27 bits per heavy atom. The van der Waals surface area contributed by atoms with E-state index in [0.29, 0.717) is 25.3 Å². The number of hydrogen-bond acceptors (Lipinski definition) is 2. The van der Waals surface area contributed by atoms with Gasteiger partial charge < -0.3 is 10.6 Å². The van der Waals surface area contributed by atoms with Gasteiger partial charge in [-0.25, -0.2) is 0 Å². The van der Waals surface area contributed by atoms with Crippen molar-refractivity contribution in [2.24, 2.45) is 11.7 Å². The molecule has 0 bridgehead atoms. The lowest BCUT2D eigenvalue weighted by Crippen LogP contribution is -2.45. The maximum Gasteiger partial charge on any atom is 0.240 e. The van der Waals surface area contributed by atoms with E-state index in [4.69, 9.17) is 5.73 Å². The van der Waals surface area contributed by atoms with E-state index < -0.39 is 6.04 Å². The Kier molecular flexibility index (Phi) is 4.12. The smallest absolute Gasteiger partial charge is 0.240 e. The van der Waals surface area contributed by atoms with Crippen molar-refractivity contribution in [2.45, 2.75) is 45.6 Å². The standard InChI is InChI=1S/C11H20N2O2/c1-3-5-8-6-10(14)13(7-8)9(4-2)11(12)15/h8-9H,3-7H2,1-2H3,(H2,12,15). The Balaban J connectivity index is 2.63. The molecule has 2 N–H and O–H groups in total. The van der Waals surface area contributed by atoms with Crippen LogP contribution in [-0.4, -0.2) is 29.3 Å². The summed E-state index contributed by atoms with van der Waals surface area (Å²) in [7, 11) is 0. The van der Waals surface area contributed by atoms with Crippen molar-refractivity contribution in [3.8, 4) is 0 Å². The predicted octanol–water partition coefficient (Wildman–Crippen LogP) is 0.899. The maximum atomic E-state index is 11.7. The molecule has 0 saturated carbocycles. The number of primary amides is 1. The summed E-state index contributed by atoms with van der Waals surface area (Å²) in [5.41, 5.74) is 5.28. The molecule has 2 unspecified atom stereocenters. The van der Waals surface area contributed by atoms with Crippen molar-refractivity contribution in [1.29, 1.82) is 0 Å². The van der Waals surface area contributed by atoms with Crippen LogP contribution >= 0.6 is 0 Å². The monoisotopic (exact) mass is 212 g/mol. The number of carbonyl (C=O) groups excluding carboxylic acids is 2. The Morgan fingerprint density at radius 3 is 2.73 bits per heavy atom. The fourth-order valence-corrected chi connectivity index (χ4v) is 2.29. The first-order chi connectivity index (χ1) is 7.10. The summed E-state index contributed by atoms with van der Waals surface area (Å²) in [6.07, 6.45) is 3.33. The number of amides is 2. The quantitative estimate of drug-likeness (QED) is 0.736. The van der Waals surface area contributed by atoms with Crippen LogP contribution in [0.25, 0.3) is 0 Å². The molecule has 0 radical (unpaired) electrons. The highest BCUT2D eigenvalue weighted by Crippen LogP contribution is 2.24. The van der Waals surface area contributed by atoms with Gasteiger partial charge in [0, 0.05) is 13.0 Å². The van der Waals surface area contributed by atoms with Crippen molar-refractivity contribution in [2.75, 3.05) is 6.54 Å². The maximum absolute atomic E-state index is 11.7. The molecule has 2 amide bonds. The van der Waals surface area contributed by atoms with Gasteiger partial charge in [0.2, 0.25) is 11.8 Å². The van der Waals surface area contributed by atoms with Crippen molar-refractivity contribution in [3.05, 3.63) is 0 Å². The minimum absolute atomic E-state index is 0.0825. The van der Waals surface area contributed by atoms with Crippen LogP contribution in [0, 0.1) is 5.92 Å². The van der Waals surface area contributed by atoms with Crippen molar-refractivity contribution in [1.82, 2.24) is 4.90 Å². The second-order valence-electron chi connectivity index (χ2n) is 4.23. The summed E-state index contributed by atoms with van der Waals surface area (Å²) >= 11 is 0. The Bertz CT molecular complexity index is 253. The van der Waals surface area contributed by atoms with Gasteiger partial charge in [-0.05, 0) is 18.8 Å². The first-order valence-corrected chi connectivity index (χ1v) is 5.68. The second kappa shape index (κ2) is 5.14. The topological polar surface area (TPSA) is 63.4 Å². The molecule has 1 rings (SSSR count). The Labute approximate surface area is 90.8 Å². The van der Waals surface area contributed by atoms with E-state index in [9.17, 15) is 9.59 Å². The predicted molar refractivity (Wildman–Crippen MR) is 58.0 cm³/mol. The number of hydrogen-bond donors (Lipinski definition) is 1. The van der Waals surface area contributed by atoms with E-state index >= 15 is 0 Å². The molecule has 1 saturated heterocycles. The van der Waals surface area contributed by atoms with E-state index in [0.717, 1.165) is 12.8 Å². The third-order valence-electron chi connectivity index (χ3n) is 3.03. The molecule has 0 aromatic carbocycles. The molecule has 1 heterocycles. The van der Waals surface area contributed by atoms with Gasteiger partial charge in [0.1, 0.15) is 6.04 Å².